The normalized spacial score (nSPS) is 24.3. The summed E-state index contributed by atoms with van der Waals surface area (Å²) in [5.74, 6) is 6.26. The summed E-state index contributed by atoms with van der Waals surface area (Å²) in [4.78, 5) is 0. The third-order valence-electron chi connectivity index (χ3n) is 4.89. The van der Waals surface area contributed by atoms with Gasteiger partial charge >= 0.3 is 0 Å². The maximum absolute atomic E-state index is 13.2. The van der Waals surface area contributed by atoms with Crippen LogP contribution < -0.4 is 10.6 Å². The lowest BCUT2D eigenvalue weighted by Crippen LogP contribution is -2.40. The molecule has 3 nitrogen and oxygen atoms in total. The van der Waals surface area contributed by atoms with Crippen LogP contribution in [0.5, 0.6) is 0 Å². The zero-order valence-corrected chi connectivity index (χ0v) is 13.2. The van der Waals surface area contributed by atoms with Gasteiger partial charge in [-0.3, -0.25) is 0 Å². The summed E-state index contributed by atoms with van der Waals surface area (Å²) in [6, 6.07) is 12.8. The number of halogens is 1. The SMILES string of the molecule is OC[C@@H]1Nc2ccc(C#Cc3cccc(F)c3)cc2[C@H]2NCC[C@@H]12. The molecule has 3 N–H and O–H groups in total. The molecule has 3 atom stereocenters. The molecule has 0 radical (unpaired) electrons. The number of nitrogens with one attached hydrogen (secondary N) is 2. The van der Waals surface area contributed by atoms with Gasteiger partial charge in [0.05, 0.1) is 12.6 Å². The van der Waals surface area contributed by atoms with Crippen molar-refractivity contribution >= 4 is 5.69 Å². The van der Waals surface area contributed by atoms with Crippen molar-refractivity contribution in [2.75, 3.05) is 18.5 Å². The average molecular weight is 322 g/mol. The molecule has 0 spiro atoms. The fraction of sp³-hybridized carbons (Fsp3) is 0.300. The van der Waals surface area contributed by atoms with Gasteiger partial charge in [0, 0.05) is 28.8 Å². The van der Waals surface area contributed by atoms with Gasteiger partial charge in [0.25, 0.3) is 0 Å². The first-order chi connectivity index (χ1) is 11.7. The van der Waals surface area contributed by atoms with Crippen molar-refractivity contribution < 1.29 is 9.50 Å². The summed E-state index contributed by atoms with van der Waals surface area (Å²) >= 11 is 0. The van der Waals surface area contributed by atoms with Crippen molar-refractivity contribution in [1.82, 2.24) is 5.32 Å². The maximum atomic E-state index is 13.2. The van der Waals surface area contributed by atoms with Gasteiger partial charge < -0.3 is 15.7 Å². The van der Waals surface area contributed by atoms with Gasteiger partial charge in [0.1, 0.15) is 5.82 Å². The van der Waals surface area contributed by atoms with Gasteiger partial charge in [-0.15, -0.1) is 0 Å². The Kier molecular flexibility index (Phi) is 3.97. The van der Waals surface area contributed by atoms with Crippen molar-refractivity contribution in [3.63, 3.8) is 0 Å². The topological polar surface area (TPSA) is 44.3 Å². The Morgan fingerprint density at radius 1 is 1.12 bits per heavy atom. The van der Waals surface area contributed by atoms with E-state index in [-0.39, 0.29) is 24.5 Å². The van der Waals surface area contributed by atoms with Crippen LogP contribution in [-0.4, -0.2) is 24.3 Å². The van der Waals surface area contributed by atoms with E-state index >= 15 is 0 Å². The molecule has 2 aromatic carbocycles. The second-order valence-electron chi connectivity index (χ2n) is 6.38. The molecular formula is C20H19FN2O. The lowest BCUT2D eigenvalue weighted by molar-refractivity contribution is 0.224. The Hall–Kier alpha value is -2.35. The van der Waals surface area contributed by atoms with Crippen molar-refractivity contribution in [2.24, 2.45) is 5.92 Å². The molecule has 4 heteroatoms. The van der Waals surface area contributed by atoms with Crippen LogP contribution >= 0.6 is 0 Å². The van der Waals surface area contributed by atoms with Crippen LogP contribution in [0.3, 0.4) is 0 Å². The summed E-state index contributed by atoms with van der Waals surface area (Å²) < 4.78 is 13.2. The first-order valence-corrected chi connectivity index (χ1v) is 8.27. The van der Waals surface area contributed by atoms with Crippen LogP contribution in [-0.2, 0) is 0 Å². The standard InChI is InChI=1S/C20H19FN2O/c21-15-3-1-2-13(10-15)4-5-14-6-7-18-17(11-14)20-16(8-9-22-20)19(12-24)23-18/h1-3,6-7,10-11,16,19-20,22-24H,8-9,12H2/t16-,19-,20-/m0/s1. The maximum Gasteiger partial charge on any atom is 0.124 e. The summed E-state index contributed by atoms with van der Waals surface area (Å²) in [7, 11) is 0. The van der Waals surface area contributed by atoms with E-state index < -0.39 is 0 Å². The van der Waals surface area contributed by atoms with Gasteiger partial charge in [-0.2, -0.15) is 0 Å². The van der Waals surface area contributed by atoms with Crippen LogP contribution in [0.4, 0.5) is 10.1 Å². The number of aliphatic hydroxyl groups is 1. The van der Waals surface area contributed by atoms with E-state index in [9.17, 15) is 9.50 Å². The Labute approximate surface area is 140 Å². The van der Waals surface area contributed by atoms with Gasteiger partial charge in [-0.1, -0.05) is 17.9 Å². The second kappa shape index (κ2) is 6.27. The number of anilines is 1. The molecule has 2 aromatic rings. The molecule has 4 rings (SSSR count). The summed E-state index contributed by atoms with van der Waals surface area (Å²) in [6.07, 6.45) is 1.06. The van der Waals surface area contributed by atoms with E-state index in [0.29, 0.717) is 11.5 Å². The van der Waals surface area contributed by atoms with E-state index in [4.69, 9.17) is 0 Å². The second-order valence-corrected chi connectivity index (χ2v) is 6.38. The van der Waals surface area contributed by atoms with Gasteiger partial charge in [-0.25, -0.2) is 4.39 Å². The molecule has 0 unspecified atom stereocenters. The highest BCUT2D eigenvalue weighted by atomic mass is 19.1. The Balaban J connectivity index is 1.66. The van der Waals surface area contributed by atoms with Gasteiger partial charge in [-0.05, 0) is 54.9 Å². The van der Waals surface area contributed by atoms with Crippen molar-refractivity contribution in [1.29, 1.82) is 0 Å². The zero-order chi connectivity index (χ0) is 16.5. The van der Waals surface area contributed by atoms with Crippen LogP contribution in [0.15, 0.2) is 42.5 Å². The summed E-state index contributed by atoms with van der Waals surface area (Å²) in [6.45, 7) is 1.11. The zero-order valence-electron chi connectivity index (χ0n) is 13.2. The van der Waals surface area contributed by atoms with Crippen LogP contribution in [0, 0.1) is 23.6 Å². The molecule has 0 aliphatic carbocycles. The van der Waals surface area contributed by atoms with Gasteiger partial charge in [0.2, 0.25) is 0 Å². The highest BCUT2D eigenvalue weighted by Gasteiger charge is 2.39. The van der Waals surface area contributed by atoms with E-state index in [1.165, 1.54) is 17.7 Å². The predicted octanol–water partition coefficient (Wildman–Crippen LogP) is 2.66. The minimum atomic E-state index is -0.274. The number of rotatable bonds is 1. The molecule has 122 valence electrons. The molecule has 1 fully saturated rings. The predicted molar refractivity (Wildman–Crippen MR) is 92.2 cm³/mol. The third kappa shape index (κ3) is 2.77. The summed E-state index contributed by atoms with van der Waals surface area (Å²) in [5.41, 5.74) is 3.84. The minimum Gasteiger partial charge on any atom is -0.394 e. The van der Waals surface area contributed by atoms with Crippen molar-refractivity contribution in [3.8, 4) is 11.8 Å². The van der Waals surface area contributed by atoms with Gasteiger partial charge in [0.15, 0.2) is 0 Å². The molecule has 2 aliphatic heterocycles. The number of benzene rings is 2. The number of hydrogen-bond donors (Lipinski definition) is 3. The quantitative estimate of drug-likeness (QED) is 0.707. The Morgan fingerprint density at radius 2 is 1.96 bits per heavy atom. The summed E-state index contributed by atoms with van der Waals surface area (Å²) in [5, 5.41) is 16.6. The molecule has 24 heavy (non-hydrogen) atoms. The van der Waals surface area contributed by atoms with Crippen LogP contribution in [0.2, 0.25) is 0 Å². The monoisotopic (exact) mass is 322 g/mol. The molecule has 0 bridgehead atoms. The number of hydrogen-bond acceptors (Lipinski definition) is 3. The molecular weight excluding hydrogens is 303 g/mol. The average Bonchev–Trinajstić information content (AvgIpc) is 3.09. The molecule has 2 aliphatic rings. The lowest BCUT2D eigenvalue weighted by Gasteiger charge is -2.36. The molecule has 2 heterocycles. The van der Waals surface area contributed by atoms with Crippen molar-refractivity contribution in [2.45, 2.75) is 18.5 Å². The largest absolute Gasteiger partial charge is 0.394 e. The third-order valence-corrected chi connectivity index (χ3v) is 4.89. The highest BCUT2D eigenvalue weighted by molar-refractivity contribution is 5.60. The smallest absolute Gasteiger partial charge is 0.124 e. The Bertz CT molecular complexity index is 824. The van der Waals surface area contributed by atoms with E-state index in [0.717, 1.165) is 24.2 Å². The number of aliphatic hydroxyl groups excluding tert-OH is 1. The Morgan fingerprint density at radius 3 is 2.75 bits per heavy atom. The lowest BCUT2D eigenvalue weighted by atomic mass is 9.83. The first kappa shape index (κ1) is 15.2. The van der Waals surface area contributed by atoms with E-state index in [1.807, 2.05) is 12.1 Å². The highest BCUT2D eigenvalue weighted by Crippen LogP contribution is 2.41. The van der Waals surface area contributed by atoms with Crippen molar-refractivity contribution in [3.05, 3.63) is 65.0 Å². The molecule has 1 saturated heterocycles. The minimum absolute atomic E-state index is 0.0988. The molecule has 0 amide bonds. The van der Waals surface area contributed by atoms with E-state index in [2.05, 4.69) is 28.5 Å². The number of fused-ring (bicyclic) bond motifs is 3. The van der Waals surface area contributed by atoms with Crippen LogP contribution in [0.1, 0.15) is 29.2 Å². The fourth-order valence-corrected chi connectivity index (χ4v) is 3.73. The molecule has 0 aromatic heterocycles. The fourth-order valence-electron chi connectivity index (χ4n) is 3.73. The van der Waals surface area contributed by atoms with E-state index in [1.54, 1.807) is 12.1 Å². The van der Waals surface area contributed by atoms with Crippen LogP contribution in [0.25, 0.3) is 0 Å². The first-order valence-electron chi connectivity index (χ1n) is 8.27. The molecule has 0 saturated carbocycles.